The molecule has 128 valence electrons. The number of aromatic nitrogens is 4. The largest absolute Gasteiger partial charge is 0.467 e. The van der Waals surface area contributed by atoms with Crippen LogP contribution in [0.2, 0.25) is 0 Å². The third-order valence-electron chi connectivity index (χ3n) is 3.20. The van der Waals surface area contributed by atoms with E-state index in [4.69, 9.17) is 8.83 Å². The van der Waals surface area contributed by atoms with Crippen LogP contribution in [0.3, 0.4) is 0 Å². The fourth-order valence-electron chi connectivity index (χ4n) is 2.01. The summed E-state index contributed by atoms with van der Waals surface area (Å²) in [6, 6.07) is 7.68. The molecule has 4 aromatic heterocycles. The smallest absolute Gasteiger partial charge is 0.257 e. The van der Waals surface area contributed by atoms with Gasteiger partial charge in [-0.2, -0.15) is 0 Å². The lowest BCUT2D eigenvalue weighted by atomic mass is 10.4. The van der Waals surface area contributed by atoms with E-state index in [-0.39, 0.29) is 5.25 Å². The lowest BCUT2D eigenvalue weighted by molar-refractivity contribution is 0.510. The van der Waals surface area contributed by atoms with Gasteiger partial charge in [0.2, 0.25) is 11.0 Å². The van der Waals surface area contributed by atoms with Gasteiger partial charge >= 0.3 is 0 Å². The second kappa shape index (κ2) is 7.38. The molecule has 1 N–H and O–H groups in total. The molecule has 0 aliphatic heterocycles. The monoisotopic (exact) mass is 391 g/mol. The Balaban J connectivity index is 1.37. The van der Waals surface area contributed by atoms with Crippen LogP contribution in [-0.2, 0) is 6.54 Å². The van der Waals surface area contributed by atoms with Crippen LogP contribution in [0.1, 0.15) is 23.8 Å². The molecule has 0 spiro atoms. The summed E-state index contributed by atoms with van der Waals surface area (Å²) < 4.78 is 11.9. The van der Waals surface area contributed by atoms with Crippen LogP contribution in [0.15, 0.2) is 49.1 Å². The van der Waals surface area contributed by atoms with Crippen LogP contribution in [0.4, 0.5) is 5.13 Å². The van der Waals surface area contributed by atoms with Crippen molar-refractivity contribution in [2.75, 3.05) is 5.32 Å². The van der Waals surface area contributed by atoms with E-state index in [0.717, 1.165) is 20.1 Å². The SMILES string of the molecule is CC(Sc1nnc(NCc2ccco2)s1)c1nnc(-c2cccs2)o1. The predicted octanol–water partition coefficient (Wildman–Crippen LogP) is 4.71. The summed E-state index contributed by atoms with van der Waals surface area (Å²) in [6.07, 6.45) is 1.65. The molecular weight excluding hydrogens is 378 g/mol. The Labute approximate surface area is 155 Å². The molecule has 0 aliphatic rings. The molecule has 0 fully saturated rings. The molecular formula is C15H13N5O2S3. The van der Waals surface area contributed by atoms with Gasteiger partial charge in [0.1, 0.15) is 5.76 Å². The van der Waals surface area contributed by atoms with E-state index in [1.807, 2.05) is 36.6 Å². The Bertz CT molecular complexity index is 917. The molecule has 0 aliphatic carbocycles. The molecule has 1 unspecified atom stereocenters. The minimum absolute atomic E-state index is 0.00733. The average molecular weight is 392 g/mol. The number of rotatable bonds is 7. The van der Waals surface area contributed by atoms with Crippen LogP contribution in [-0.4, -0.2) is 20.4 Å². The highest BCUT2D eigenvalue weighted by molar-refractivity contribution is 8.01. The van der Waals surface area contributed by atoms with Crippen LogP contribution in [0.25, 0.3) is 10.8 Å². The van der Waals surface area contributed by atoms with Crippen molar-refractivity contribution in [3.05, 3.63) is 47.6 Å². The summed E-state index contributed by atoms with van der Waals surface area (Å²) in [5.41, 5.74) is 0. The summed E-state index contributed by atoms with van der Waals surface area (Å²) in [7, 11) is 0. The zero-order chi connectivity index (χ0) is 17.1. The van der Waals surface area contributed by atoms with Gasteiger partial charge in [-0.1, -0.05) is 29.2 Å². The first-order valence-electron chi connectivity index (χ1n) is 7.41. The molecule has 0 saturated carbocycles. The molecule has 0 radical (unpaired) electrons. The minimum Gasteiger partial charge on any atom is -0.467 e. The van der Waals surface area contributed by atoms with Crippen LogP contribution >= 0.6 is 34.4 Å². The lowest BCUT2D eigenvalue weighted by Crippen LogP contribution is -1.96. The number of nitrogens with one attached hydrogen (secondary N) is 1. The van der Waals surface area contributed by atoms with E-state index < -0.39 is 0 Å². The van der Waals surface area contributed by atoms with Gasteiger partial charge in [-0.15, -0.1) is 31.7 Å². The second-order valence-electron chi connectivity index (χ2n) is 4.99. The number of nitrogens with zero attached hydrogens (tertiary/aromatic N) is 4. The quantitative estimate of drug-likeness (QED) is 0.453. The normalized spacial score (nSPS) is 12.4. The maximum Gasteiger partial charge on any atom is 0.257 e. The van der Waals surface area contributed by atoms with Crippen molar-refractivity contribution in [3.8, 4) is 10.8 Å². The maximum atomic E-state index is 5.76. The summed E-state index contributed by atoms with van der Waals surface area (Å²) >= 11 is 4.60. The molecule has 1 atom stereocenters. The molecule has 4 rings (SSSR count). The van der Waals surface area contributed by atoms with Crippen molar-refractivity contribution >= 4 is 39.6 Å². The molecule has 4 heterocycles. The Morgan fingerprint density at radius 1 is 1.20 bits per heavy atom. The third kappa shape index (κ3) is 3.91. The fourth-order valence-corrected chi connectivity index (χ4v) is 4.57. The molecule has 4 aromatic rings. The van der Waals surface area contributed by atoms with Crippen molar-refractivity contribution in [1.82, 2.24) is 20.4 Å². The molecule has 0 bridgehead atoms. The van der Waals surface area contributed by atoms with E-state index in [0.29, 0.717) is 18.3 Å². The van der Waals surface area contributed by atoms with Crippen molar-refractivity contribution in [1.29, 1.82) is 0 Å². The number of hydrogen-bond acceptors (Lipinski definition) is 10. The number of furan rings is 1. The summed E-state index contributed by atoms with van der Waals surface area (Å²) in [4.78, 5) is 0.969. The molecule has 7 nitrogen and oxygen atoms in total. The predicted molar refractivity (Wildman–Crippen MR) is 97.8 cm³/mol. The topological polar surface area (TPSA) is 89.9 Å². The zero-order valence-corrected chi connectivity index (χ0v) is 15.5. The summed E-state index contributed by atoms with van der Waals surface area (Å²) in [5.74, 6) is 1.98. The van der Waals surface area contributed by atoms with E-state index >= 15 is 0 Å². The van der Waals surface area contributed by atoms with Crippen LogP contribution in [0.5, 0.6) is 0 Å². The first-order chi connectivity index (χ1) is 12.3. The van der Waals surface area contributed by atoms with Gasteiger partial charge < -0.3 is 14.2 Å². The summed E-state index contributed by atoms with van der Waals surface area (Å²) in [5, 5.41) is 22.5. The second-order valence-corrected chi connectivity index (χ2v) is 8.50. The highest BCUT2D eigenvalue weighted by atomic mass is 32.2. The van der Waals surface area contributed by atoms with Gasteiger partial charge in [0.15, 0.2) is 4.34 Å². The number of thiophene rings is 1. The van der Waals surface area contributed by atoms with Crippen LogP contribution < -0.4 is 5.32 Å². The van der Waals surface area contributed by atoms with Crippen LogP contribution in [0, 0.1) is 0 Å². The van der Waals surface area contributed by atoms with Crippen molar-refractivity contribution in [2.45, 2.75) is 23.1 Å². The van der Waals surface area contributed by atoms with Gasteiger partial charge in [-0.3, -0.25) is 0 Å². The Hall–Kier alpha value is -2.17. The Morgan fingerprint density at radius 2 is 2.16 bits per heavy atom. The van der Waals surface area contributed by atoms with Crippen molar-refractivity contribution in [2.24, 2.45) is 0 Å². The van der Waals surface area contributed by atoms with Gasteiger partial charge in [0.05, 0.1) is 22.9 Å². The molecule has 0 aromatic carbocycles. The molecule has 25 heavy (non-hydrogen) atoms. The number of thioether (sulfide) groups is 1. The van der Waals surface area contributed by atoms with Gasteiger partial charge in [-0.05, 0) is 30.5 Å². The summed E-state index contributed by atoms with van der Waals surface area (Å²) in [6.45, 7) is 2.59. The molecule has 0 amide bonds. The van der Waals surface area contributed by atoms with E-state index in [1.54, 1.807) is 29.4 Å². The first kappa shape index (κ1) is 16.3. The fraction of sp³-hybridized carbons (Fsp3) is 0.200. The third-order valence-corrected chi connectivity index (χ3v) is 6.11. The Kier molecular flexibility index (Phi) is 4.81. The zero-order valence-electron chi connectivity index (χ0n) is 13.1. The highest BCUT2D eigenvalue weighted by Gasteiger charge is 2.18. The maximum absolute atomic E-state index is 5.76. The van der Waals surface area contributed by atoms with E-state index in [2.05, 4.69) is 25.7 Å². The van der Waals surface area contributed by atoms with E-state index in [1.165, 1.54) is 11.3 Å². The molecule has 0 saturated heterocycles. The van der Waals surface area contributed by atoms with Crippen molar-refractivity contribution in [3.63, 3.8) is 0 Å². The first-order valence-corrected chi connectivity index (χ1v) is 9.99. The van der Waals surface area contributed by atoms with Crippen molar-refractivity contribution < 1.29 is 8.83 Å². The lowest BCUT2D eigenvalue weighted by Gasteiger charge is -2.02. The number of anilines is 1. The van der Waals surface area contributed by atoms with Gasteiger partial charge in [-0.25, -0.2) is 0 Å². The minimum atomic E-state index is -0.00733. The van der Waals surface area contributed by atoms with Gasteiger partial charge in [0.25, 0.3) is 5.89 Å². The standard InChI is InChI=1S/C15H13N5O2S3/c1-9(12-17-18-13(22-12)11-5-3-7-23-11)24-15-20-19-14(25-15)16-8-10-4-2-6-21-10/h2-7,9H,8H2,1H3,(H,16,19). The average Bonchev–Trinajstić information content (AvgIpc) is 3.40. The molecule has 10 heteroatoms. The number of hydrogen-bond donors (Lipinski definition) is 1. The Morgan fingerprint density at radius 3 is 2.96 bits per heavy atom. The van der Waals surface area contributed by atoms with E-state index in [9.17, 15) is 0 Å². The highest BCUT2D eigenvalue weighted by Crippen LogP contribution is 2.37. The van der Waals surface area contributed by atoms with Gasteiger partial charge in [0, 0.05) is 0 Å².